The van der Waals surface area contributed by atoms with Crippen molar-refractivity contribution in [2.24, 2.45) is 5.73 Å². The number of hydrogen-bond donors (Lipinski definition) is 1. The number of rotatable bonds is 7. The molecular weight excluding hydrogens is 338 g/mol. The number of nitrogens with two attached hydrogens (primary N) is 1. The molecule has 0 amide bonds. The zero-order valence-electron chi connectivity index (χ0n) is 12.7. The second-order valence-electron chi connectivity index (χ2n) is 5.36. The lowest BCUT2D eigenvalue weighted by Gasteiger charge is -2.37. The summed E-state index contributed by atoms with van der Waals surface area (Å²) in [5, 5.41) is 0.777. The largest absolute Gasteiger partial charge is 0.329 e. The molecule has 0 bridgehead atoms. The molecule has 1 aromatic carbocycles. The first-order chi connectivity index (χ1) is 9.40. The van der Waals surface area contributed by atoms with E-state index in [1.165, 1.54) is 0 Å². The van der Waals surface area contributed by atoms with Gasteiger partial charge in [0.1, 0.15) is 0 Å². The first-order valence-corrected chi connectivity index (χ1v) is 8.13. The van der Waals surface area contributed by atoms with Crippen molar-refractivity contribution >= 4 is 27.5 Å². The van der Waals surface area contributed by atoms with Crippen molar-refractivity contribution < 1.29 is 0 Å². The molecule has 3 nitrogen and oxygen atoms in total. The fraction of sp³-hybridized carbons (Fsp3) is 0.600. The van der Waals surface area contributed by atoms with Crippen molar-refractivity contribution in [2.45, 2.75) is 25.9 Å². The van der Waals surface area contributed by atoms with Crippen LogP contribution in [0.25, 0.3) is 0 Å². The number of hydrogen-bond acceptors (Lipinski definition) is 3. The van der Waals surface area contributed by atoms with Gasteiger partial charge in [0.15, 0.2) is 0 Å². The molecule has 0 heterocycles. The lowest BCUT2D eigenvalue weighted by atomic mass is 10.0. The molecule has 0 spiro atoms. The second kappa shape index (κ2) is 8.35. The molecule has 2 unspecified atom stereocenters. The molecule has 20 heavy (non-hydrogen) atoms. The van der Waals surface area contributed by atoms with E-state index < -0.39 is 0 Å². The van der Waals surface area contributed by atoms with Crippen LogP contribution in [0.3, 0.4) is 0 Å². The monoisotopic (exact) mass is 361 g/mol. The van der Waals surface area contributed by atoms with Crippen LogP contribution in [-0.4, -0.2) is 49.6 Å². The van der Waals surface area contributed by atoms with Gasteiger partial charge in [-0.15, -0.1) is 0 Å². The van der Waals surface area contributed by atoms with Crippen LogP contribution in [-0.2, 0) is 0 Å². The minimum Gasteiger partial charge on any atom is -0.329 e. The van der Waals surface area contributed by atoms with Gasteiger partial charge in [-0.05, 0) is 51.3 Å². The van der Waals surface area contributed by atoms with E-state index in [9.17, 15) is 0 Å². The SMILES string of the molecule is CCN(C(C)CN(C)C)C(CN)c1cc(Br)ccc1Cl. The van der Waals surface area contributed by atoms with Gasteiger partial charge >= 0.3 is 0 Å². The third-order valence-electron chi connectivity index (χ3n) is 3.50. The summed E-state index contributed by atoms with van der Waals surface area (Å²) in [5.41, 5.74) is 7.13. The van der Waals surface area contributed by atoms with Gasteiger partial charge in [0.2, 0.25) is 0 Å². The average Bonchev–Trinajstić information content (AvgIpc) is 2.38. The van der Waals surface area contributed by atoms with Crippen molar-refractivity contribution in [3.63, 3.8) is 0 Å². The Kier molecular flexibility index (Phi) is 7.48. The highest BCUT2D eigenvalue weighted by atomic mass is 79.9. The highest BCUT2D eigenvalue weighted by Gasteiger charge is 2.24. The standard InChI is InChI=1S/C15H25BrClN3/c1-5-20(11(2)10-19(3)4)15(9-18)13-8-12(16)6-7-14(13)17/h6-8,11,15H,5,9-10,18H2,1-4H3. The van der Waals surface area contributed by atoms with Crippen LogP contribution in [0.5, 0.6) is 0 Å². The molecule has 0 saturated heterocycles. The van der Waals surface area contributed by atoms with Crippen LogP contribution in [0.2, 0.25) is 5.02 Å². The molecular formula is C15H25BrClN3. The van der Waals surface area contributed by atoms with Gasteiger partial charge in [0.25, 0.3) is 0 Å². The third kappa shape index (κ3) is 4.71. The van der Waals surface area contributed by atoms with Gasteiger partial charge in [-0.1, -0.05) is 34.5 Å². The lowest BCUT2D eigenvalue weighted by Crippen LogP contribution is -2.44. The molecule has 0 aliphatic heterocycles. The maximum Gasteiger partial charge on any atom is 0.0488 e. The van der Waals surface area contributed by atoms with Gasteiger partial charge in [-0.2, -0.15) is 0 Å². The third-order valence-corrected chi connectivity index (χ3v) is 4.34. The Hall–Kier alpha value is -0.130. The number of nitrogens with zero attached hydrogens (tertiary/aromatic N) is 2. The molecule has 0 aliphatic carbocycles. The van der Waals surface area contributed by atoms with Gasteiger partial charge in [0, 0.05) is 34.7 Å². The maximum atomic E-state index is 6.37. The molecule has 0 aromatic heterocycles. The fourth-order valence-electron chi connectivity index (χ4n) is 2.68. The Morgan fingerprint density at radius 2 is 2.00 bits per heavy atom. The predicted molar refractivity (Wildman–Crippen MR) is 91.3 cm³/mol. The van der Waals surface area contributed by atoms with Crippen LogP contribution in [0.15, 0.2) is 22.7 Å². The molecule has 0 aliphatic rings. The average molecular weight is 363 g/mol. The fourth-order valence-corrected chi connectivity index (χ4v) is 3.31. The van der Waals surface area contributed by atoms with E-state index in [4.69, 9.17) is 17.3 Å². The van der Waals surface area contributed by atoms with E-state index in [1.54, 1.807) is 0 Å². The number of halogens is 2. The van der Waals surface area contributed by atoms with Crippen molar-refractivity contribution in [3.05, 3.63) is 33.3 Å². The molecule has 114 valence electrons. The van der Waals surface area contributed by atoms with Gasteiger partial charge in [0.05, 0.1) is 0 Å². The number of likely N-dealkylation sites (N-methyl/N-ethyl adjacent to an activating group) is 2. The quantitative estimate of drug-likeness (QED) is 0.807. The van der Waals surface area contributed by atoms with Crippen LogP contribution >= 0.6 is 27.5 Å². The normalized spacial score (nSPS) is 14.8. The summed E-state index contributed by atoms with van der Waals surface area (Å²) in [6, 6.07) is 6.51. The summed E-state index contributed by atoms with van der Waals surface area (Å²) in [4.78, 5) is 4.61. The van der Waals surface area contributed by atoms with Crippen molar-refractivity contribution in [3.8, 4) is 0 Å². The van der Waals surface area contributed by atoms with E-state index in [0.29, 0.717) is 12.6 Å². The minimum atomic E-state index is 0.139. The molecule has 1 rings (SSSR count). The van der Waals surface area contributed by atoms with Crippen LogP contribution < -0.4 is 5.73 Å². The molecule has 0 fully saturated rings. The van der Waals surface area contributed by atoms with Crippen molar-refractivity contribution in [2.75, 3.05) is 33.7 Å². The van der Waals surface area contributed by atoms with Crippen molar-refractivity contribution in [1.82, 2.24) is 9.80 Å². The Labute approximate surface area is 136 Å². The maximum absolute atomic E-state index is 6.37. The van der Waals surface area contributed by atoms with E-state index in [-0.39, 0.29) is 6.04 Å². The van der Waals surface area contributed by atoms with Crippen LogP contribution in [0.1, 0.15) is 25.5 Å². The topological polar surface area (TPSA) is 32.5 Å². The zero-order valence-corrected chi connectivity index (χ0v) is 15.1. The molecule has 2 atom stereocenters. The molecule has 2 N–H and O–H groups in total. The second-order valence-corrected chi connectivity index (χ2v) is 6.68. The van der Waals surface area contributed by atoms with Crippen LogP contribution in [0.4, 0.5) is 0 Å². The zero-order chi connectivity index (χ0) is 15.3. The molecule has 5 heteroatoms. The Balaban J connectivity index is 3.05. The Bertz CT molecular complexity index is 426. The first kappa shape index (κ1) is 17.9. The first-order valence-electron chi connectivity index (χ1n) is 6.96. The summed E-state index contributed by atoms with van der Waals surface area (Å²) in [5.74, 6) is 0. The highest BCUT2D eigenvalue weighted by Crippen LogP contribution is 2.30. The minimum absolute atomic E-state index is 0.139. The van der Waals surface area contributed by atoms with E-state index in [0.717, 1.165) is 28.1 Å². The van der Waals surface area contributed by atoms with Gasteiger partial charge in [-0.25, -0.2) is 0 Å². The van der Waals surface area contributed by atoms with Gasteiger partial charge in [-0.3, -0.25) is 4.90 Å². The summed E-state index contributed by atoms with van der Waals surface area (Å²) in [6.45, 7) is 6.90. The van der Waals surface area contributed by atoms with E-state index in [2.05, 4.69) is 59.7 Å². The van der Waals surface area contributed by atoms with E-state index >= 15 is 0 Å². The predicted octanol–water partition coefficient (Wildman–Crippen LogP) is 3.37. The summed E-state index contributed by atoms with van der Waals surface area (Å²) in [7, 11) is 4.18. The van der Waals surface area contributed by atoms with Gasteiger partial charge < -0.3 is 10.6 Å². The van der Waals surface area contributed by atoms with E-state index in [1.807, 2.05) is 12.1 Å². The number of benzene rings is 1. The molecule has 0 saturated carbocycles. The summed E-state index contributed by atoms with van der Waals surface area (Å²) >= 11 is 9.88. The highest BCUT2D eigenvalue weighted by molar-refractivity contribution is 9.10. The summed E-state index contributed by atoms with van der Waals surface area (Å²) < 4.78 is 1.03. The molecule has 0 radical (unpaired) electrons. The van der Waals surface area contributed by atoms with Crippen molar-refractivity contribution in [1.29, 1.82) is 0 Å². The Morgan fingerprint density at radius 3 is 2.50 bits per heavy atom. The molecule has 1 aromatic rings. The van der Waals surface area contributed by atoms with Crippen LogP contribution in [0, 0.1) is 0 Å². The smallest absolute Gasteiger partial charge is 0.0488 e. The lowest BCUT2D eigenvalue weighted by molar-refractivity contribution is 0.131. The summed E-state index contributed by atoms with van der Waals surface area (Å²) in [6.07, 6.45) is 0. The Morgan fingerprint density at radius 1 is 1.35 bits per heavy atom.